The molecule has 10 nitrogen and oxygen atoms in total. The first kappa shape index (κ1) is 59.0. The summed E-state index contributed by atoms with van der Waals surface area (Å²) in [5.74, 6) is -7.83. The lowest BCUT2D eigenvalue weighted by molar-refractivity contribution is -0.119. The van der Waals surface area contributed by atoms with Crippen LogP contribution in [0.15, 0.2) is 167 Å². The highest BCUT2D eigenvalue weighted by atomic mass is 79.9. The lowest BCUT2D eigenvalue weighted by atomic mass is 9.85. The molecule has 2 aliphatic carbocycles. The fourth-order valence-electron chi connectivity index (χ4n) is 10.7. The van der Waals surface area contributed by atoms with Crippen LogP contribution in [0.25, 0.3) is 33.4 Å². The van der Waals surface area contributed by atoms with Gasteiger partial charge in [-0.25, -0.2) is 34.8 Å². The summed E-state index contributed by atoms with van der Waals surface area (Å²) in [6.07, 6.45) is 9.83. The number of amides is 2. The van der Waals surface area contributed by atoms with E-state index in [4.69, 9.17) is 11.5 Å². The fourth-order valence-corrected chi connectivity index (χ4v) is 11.7. The Labute approximate surface area is 483 Å². The number of hydrogen-bond donors (Lipinski definition) is 2. The third kappa shape index (κ3) is 14.4. The normalized spacial score (nSPS) is 13.2. The molecule has 0 aliphatic heterocycles. The minimum Gasteiger partial charge on any atom is -0.366 e. The second-order valence-corrected chi connectivity index (χ2v) is 23.4. The van der Waals surface area contributed by atoms with Gasteiger partial charge in [0.25, 0.3) is 11.8 Å². The van der Waals surface area contributed by atoms with Gasteiger partial charge in [-0.15, -0.1) is 0 Å². The van der Waals surface area contributed by atoms with Crippen LogP contribution in [0, 0.1) is 34.9 Å². The number of nitrogens with two attached hydrogens (primary N) is 2. The molecule has 83 heavy (non-hydrogen) atoms. The van der Waals surface area contributed by atoms with E-state index >= 15 is 0 Å². The van der Waals surface area contributed by atoms with Crippen molar-refractivity contribution in [2.45, 2.75) is 68.1 Å². The largest absolute Gasteiger partial charge is 0.366 e. The molecule has 0 saturated heterocycles. The van der Waals surface area contributed by atoms with Crippen LogP contribution in [0.3, 0.4) is 0 Å². The van der Waals surface area contributed by atoms with Gasteiger partial charge in [0, 0.05) is 83.9 Å². The predicted octanol–water partition coefficient (Wildman–Crippen LogP) is 13.3. The average Bonchev–Trinajstić information content (AvgIpc) is 3.92. The zero-order valence-electron chi connectivity index (χ0n) is 44.4. The van der Waals surface area contributed by atoms with Gasteiger partial charge in [-0.2, -0.15) is 0 Å². The summed E-state index contributed by atoms with van der Waals surface area (Å²) in [4.78, 5) is 59.9. The lowest BCUT2D eigenvalue weighted by Crippen LogP contribution is -2.14. The standard InChI is InChI=1S/C33H27F3N2O4S.C32H24BrF3N2O2/c1-43(41,42)27-8-6-20-4-5-21(29(20)18-27)14-26(39)15-23(11-19-12-24(34)17-25(35)13-19)32-28(3-2-10-38-32)22-7-9-31(36)30(16-22)33(37)40;33-23-7-5-19-3-4-20(28(19)16-23)13-26(39)14-22(10-18-11-24(34)17-25(35)12-18)31-27(2-1-9-38-31)21-6-8-30(36)29(15-21)32(37)40/h2-3,5-10,12-13,16-18,23H,4,11,14-15H2,1H3,(H2,37,40);1-2,4-9,11-12,15-17,22H,3,10,13-14H2,(H2,37,40)/t23-;22-/m11/s1. The van der Waals surface area contributed by atoms with E-state index in [1.807, 2.05) is 30.4 Å². The third-order valence-electron chi connectivity index (χ3n) is 14.5. The Morgan fingerprint density at radius 3 is 1.37 bits per heavy atom. The van der Waals surface area contributed by atoms with Gasteiger partial charge in [-0.1, -0.05) is 64.5 Å². The van der Waals surface area contributed by atoms with E-state index in [1.165, 1.54) is 54.7 Å². The number of halogens is 7. The van der Waals surface area contributed by atoms with Crippen molar-refractivity contribution in [2.24, 2.45) is 11.5 Å². The van der Waals surface area contributed by atoms with E-state index in [-0.39, 0.29) is 66.1 Å². The Bertz CT molecular complexity index is 4060. The Morgan fingerprint density at radius 1 is 0.530 bits per heavy atom. The second kappa shape index (κ2) is 25.3. The second-order valence-electron chi connectivity index (χ2n) is 20.4. The van der Waals surface area contributed by atoms with Gasteiger partial charge in [-0.3, -0.25) is 29.1 Å². The van der Waals surface area contributed by atoms with Crippen LogP contribution in [0.4, 0.5) is 26.3 Å². The molecule has 2 atom stereocenters. The van der Waals surface area contributed by atoms with Crippen molar-refractivity contribution in [2.75, 3.05) is 6.26 Å². The van der Waals surface area contributed by atoms with Crippen LogP contribution in [0.1, 0.15) is 103 Å². The molecule has 2 aliphatic rings. The first-order chi connectivity index (χ1) is 39.6. The van der Waals surface area contributed by atoms with Crippen LogP contribution in [-0.4, -0.2) is 48.0 Å². The van der Waals surface area contributed by atoms with Gasteiger partial charge in [-0.05, 0) is 166 Å². The van der Waals surface area contributed by atoms with Gasteiger partial charge in [0.1, 0.15) is 46.5 Å². The first-order valence-corrected chi connectivity index (χ1v) is 28.8. The maximum absolute atomic E-state index is 14.2. The summed E-state index contributed by atoms with van der Waals surface area (Å²) in [5, 5.41) is 0. The first-order valence-electron chi connectivity index (χ1n) is 26.1. The van der Waals surface area contributed by atoms with Gasteiger partial charge in [0.15, 0.2) is 9.84 Å². The number of fused-ring (bicyclic) bond motifs is 2. The predicted molar refractivity (Wildman–Crippen MR) is 307 cm³/mol. The number of nitrogens with zero attached hydrogens (tertiary/aromatic N) is 2. The molecule has 2 amide bonds. The van der Waals surface area contributed by atoms with Crippen molar-refractivity contribution < 1.29 is 53.9 Å². The molecule has 2 heterocycles. The Hall–Kier alpha value is -8.61. The molecule has 422 valence electrons. The molecule has 0 unspecified atom stereocenters. The number of pyridine rings is 2. The molecule has 18 heteroatoms. The maximum Gasteiger partial charge on any atom is 0.251 e. The molecule has 0 radical (unpaired) electrons. The summed E-state index contributed by atoms with van der Waals surface area (Å²) in [6.45, 7) is 0. The van der Waals surface area contributed by atoms with Crippen LogP contribution in [-0.2, 0) is 45.1 Å². The van der Waals surface area contributed by atoms with E-state index in [2.05, 4.69) is 25.9 Å². The van der Waals surface area contributed by atoms with Crippen molar-refractivity contribution in [1.82, 2.24) is 9.97 Å². The number of primary amides is 2. The molecule has 2 aromatic heterocycles. The summed E-state index contributed by atoms with van der Waals surface area (Å²) < 4.78 is 110. The molecular formula is C65H51BrF6N4O6S. The van der Waals surface area contributed by atoms with Crippen LogP contribution < -0.4 is 11.5 Å². The van der Waals surface area contributed by atoms with Gasteiger partial charge >= 0.3 is 0 Å². The minimum atomic E-state index is -3.45. The number of ketones is 2. The van der Waals surface area contributed by atoms with E-state index in [9.17, 15) is 53.9 Å². The molecule has 0 spiro atoms. The Kier molecular flexibility index (Phi) is 18.0. The SMILES string of the molecule is CS(=O)(=O)c1ccc2c(c1)C(CC(=O)C[C@@H](Cc1cc(F)cc(F)c1)c1ncccc1-c1ccc(F)c(C(N)=O)c1)=CC2.NC(=O)c1cc(-c2cccnc2[C@@H](CC(=O)CC2=CCc3ccc(Br)cc32)Cc2cc(F)cc(F)c2)ccc1F. The number of carbonyl (C=O) groups excluding carboxylic acids is 4. The van der Waals surface area contributed by atoms with Crippen LogP contribution >= 0.6 is 15.9 Å². The molecule has 0 saturated carbocycles. The molecule has 10 rings (SSSR count). The number of rotatable bonds is 19. The monoisotopic (exact) mass is 1210 g/mol. The number of Topliss-reactive ketones (excluding diaryl/α,β-unsaturated/α-hetero) is 2. The van der Waals surface area contributed by atoms with Crippen molar-refractivity contribution in [1.29, 1.82) is 0 Å². The van der Waals surface area contributed by atoms with Crippen LogP contribution in [0.2, 0.25) is 0 Å². The number of hydrogen-bond acceptors (Lipinski definition) is 8. The molecule has 4 N–H and O–H groups in total. The van der Waals surface area contributed by atoms with Crippen molar-refractivity contribution >= 4 is 60.3 Å². The zero-order valence-corrected chi connectivity index (χ0v) is 46.8. The van der Waals surface area contributed by atoms with E-state index in [0.717, 1.165) is 63.7 Å². The minimum absolute atomic E-state index is 0.0127. The topological polar surface area (TPSA) is 180 Å². The fraction of sp³-hybridized carbons (Fsp3) is 0.169. The number of benzene rings is 6. The summed E-state index contributed by atoms with van der Waals surface area (Å²) in [7, 11) is -3.45. The van der Waals surface area contributed by atoms with E-state index < -0.39 is 68.4 Å². The van der Waals surface area contributed by atoms with Crippen LogP contribution in [0.5, 0.6) is 0 Å². The van der Waals surface area contributed by atoms with Crippen molar-refractivity contribution in [3.8, 4) is 22.3 Å². The molecule has 0 bridgehead atoms. The molecule has 0 fully saturated rings. The lowest BCUT2D eigenvalue weighted by Gasteiger charge is -2.20. The molecule has 6 aromatic carbocycles. The maximum atomic E-state index is 14.2. The molecule has 8 aromatic rings. The van der Waals surface area contributed by atoms with Gasteiger partial charge in [0.2, 0.25) is 0 Å². The van der Waals surface area contributed by atoms with Gasteiger partial charge in [0.05, 0.1) is 27.4 Å². The van der Waals surface area contributed by atoms with E-state index in [1.54, 1.807) is 48.7 Å². The highest BCUT2D eigenvalue weighted by Gasteiger charge is 2.28. The Balaban J connectivity index is 0.000000200. The summed E-state index contributed by atoms with van der Waals surface area (Å²) in [6, 6.07) is 31.9. The number of carbonyl (C=O) groups is 4. The van der Waals surface area contributed by atoms with E-state index in [0.29, 0.717) is 62.3 Å². The summed E-state index contributed by atoms with van der Waals surface area (Å²) >= 11 is 3.49. The van der Waals surface area contributed by atoms with Crippen molar-refractivity contribution in [3.63, 3.8) is 0 Å². The quantitative estimate of drug-likeness (QED) is 0.0751. The highest BCUT2D eigenvalue weighted by Crippen LogP contribution is 2.39. The molecular weight excluding hydrogens is 1160 g/mol. The smallest absolute Gasteiger partial charge is 0.251 e. The zero-order chi connectivity index (χ0) is 59.3. The van der Waals surface area contributed by atoms with Crippen molar-refractivity contribution in [3.05, 3.63) is 253 Å². The average molecular weight is 1210 g/mol. The van der Waals surface area contributed by atoms with Gasteiger partial charge < -0.3 is 11.5 Å². The third-order valence-corrected chi connectivity index (χ3v) is 16.1. The summed E-state index contributed by atoms with van der Waals surface area (Å²) in [5.41, 5.74) is 19.1. The Morgan fingerprint density at radius 2 is 0.952 bits per heavy atom. The number of allylic oxidation sites excluding steroid dienone is 4. The number of sulfone groups is 1. The highest BCUT2D eigenvalue weighted by molar-refractivity contribution is 9.10. The number of aromatic nitrogens is 2.